The van der Waals surface area contributed by atoms with Gasteiger partial charge >= 0.3 is 12.1 Å². The van der Waals surface area contributed by atoms with Crippen LogP contribution >= 0.6 is 11.6 Å². The Morgan fingerprint density at radius 2 is 1.96 bits per heavy atom. The zero-order valence-corrected chi connectivity index (χ0v) is 14.3. The summed E-state index contributed by atoms with van der Waals surface area (Å²) in [5.74, 6) is -0.884. The van der Waals surface area contributed by atoms with E-state index in [0.29, 0.717) is 0 Å². The molecule has 0 aromatic heterocycles. The van der Waals surface area contributed by atoms with Crippen molar-refractivity contribution in [2.45, 2.75) is 26.4 Å². The highest BCUT2D eigenvalue weighted by Crippen LogP contribution is 2.25. The Morgan fingerprint density at radius 1 is 1.33 bits per heavy atom. The number of esters is 1. The van der Waals surface area contributed by atoms with Crippen LogP contribution in [0.5, 0.6) is 0 Å². The van der Waals surface area contributed by atoms with Crippen LogP contribution in [-0.4, -0.2) is 29.7 Å². The second-order valence-corrected chi connectivity index (χ2v) is 6.07. The molecule has 0 saturated carbocycles. The van der Waals surface area contributed by atoms with Crippen LogP contribution in [0.3, 0.4) is 0 Å². The molecule has 0 saturated heterocycles. The number of benzene rings is 1. The van der Waals surface area contributed by atoms with Crippen molar-refractivity contribution in [1.29, 1.82) is 0 Å². The summed E-state index contributed by atoms with van der Waals surface area (Å²) in [6, 6.07) is 3.90. The van der Waals surface area contributed by atoms with E-state index in [9.17, 15) is 19.7 Å². The van der Waals surface area contributed by atoms with Gasteiger partial charge in [0.05, 0.1) is 17.6 Å². The predicted molar refractivity (Wildman–Crippen MR) is 87.5 cm³/mol. The molecule has 0 aliphatic heterocycles. The summed E-state index contributed by atoms with van der Waals surface area (Å²) in [4.78, 5) is 34.1. The minimum atomic E-state index is -0.893. The summed E-state index contributed by atoms with van der Waals surface area (Å²) in [5, 5.41) is 13.5. The third kappa shape index (κ3) is 5.88. The van der Waals surface area contributed by atoms with E-state index >= 15 is 0 Å². The highest BCUT2D eigenvalue weighted by atomic mass is 35.5. The lowest BCUT2D eigenvalue weighted by molar-refractivity contribution is -0.385. The number of methoxy groups -OCH3 is 1. The van der Waals surface area contributed by atoms with Crippen LogP contribution in [-0.2, 0) is 14.3 Å². The Labute approximate surface area is 143 Å². The molecule has 1 aromatic rings. The van der Waals surface area contributed by atoms with E-state index in [1.165, 1.54) is 12.1 Å². The SMILES string of the molecule is COC(=O)C(=Cc1ccc(Cl)cc1[N+](=O)[O-])NC(=O)OC(C)(C)C. The van der Waals surface area contributed by atoms with Crippen molar-refractivity contribution in [3.63, 3.8) is 0 Å². The predicted octanol–water partition coefficient (Wildman–Crippen LogP) is 3.29. The molecule has 0 unspecified atom stereocenters. The average molecular weight is 357 g/mol. The Balaban J connectivity index is 3.22. The van der Waals surface area contributed by atoms with Crippen molar-refractivity contribution in [1.82, 2.24) is 5.32 Å². The number of rotatable bonds is 4. The molecule has 9 heteroatoms. The molecule has 24 heavy (non-hydrogen) atoms. The summed E-state index contributed by atoms with van der Waals surface area (Å²) in [6.45, 7) is 4.95. The summed E-state index contributed by atoms with van der Waals surface area (Å²) < 4.78 is 9.61. The van der Waals surface area contributed by atoms with Crippen molar-refractivity contribution in [2.24, 2.45) is 0 Å². The Bertz CT molecular complexity index is 694. The third-order valence-electron chi connectivity index (χ3n) is 2.53. The van der Waals surface area contributed by atoms with Gasteiger partial charge in [-0.25, -0.2) is 9.59 Å². The van der Waals surface area contributed by atoms with Crippen molar-refractivity contribution in [2.75, 3.05) is 7.11 Å². The first-order valence-electron chi connectivity index (χ1n) is 6.77. The molecule has 0 heterocycles. The van der Waals surface area contributed by atoms with Crippen LogP contribution in [0.15, 0.2) is 23.9 Å². The number of carbonyl (C=O) groups excluding carboxylic acids is 2. The van der Waals surface area contributed by atoms with Crippen molar-refractivity contribution in [3.8, 4) is 0 Å². The zero-order chi connectivity index (χ0) is 18.5. The van der Waals surface area contributed by atoms with Gasteiger partial charge in [-0.3, -0.25) is 15.4 Å². The number of ether oxygens (including phenoxy) is 2. The molecular weight excluding hydrogens is 340 g/mol. The molecule has 0 bridgehead atoms. The fourth-order valence-corrected chi connectivity index (χ4v) is 1.79. The number of nitrogens with one attached hydrogen (secondary N) is 1. The lowest BCUT2D eigenvalue weighted by Gasteiger charge is -2.20. The summed E-state index contributed by atoms with van der Waals surface area (Å²) in [6.07, 6.45) is 0.222. The first-order chi connectivity index (χ1) is 11.0. The number of halogens is 1. The number of nitro groups is 1. The number of carbonyl (C=O) groups is 2. The maximum absolute atomic E-state index is 11.8. The number of amides is 1. The van der Waals surface area contributed by atoms with Gasteiger partial charge in [-0.2, -0.15) is 0 Å². The average Bonchev–Trinajstić information content (AvgIpc) is 2.45. The summed E-state index contributed by atoms with van der Waals surface area (Å²) in [7, 11) is 1.11. The zero-order valence-electron chi connectivity index (χ0n) is 13.6. The fraction of sp³-hybridized carbons (Fsp3) is 0.333. The molecule has 0 aliphatic rings. The number of alkyl carbamates (subject to hydrolysis) is 1. The second kappa shape index (κ2) is 7.78. The second-order valence-electron chi connectivity index (χ2n) is 5.64. The van der Waals surface area contributed by atoms with Crippen molar-refractivity contribution >= 4 is 35.4 Å². The van der Waals surface area contributed by atoms with Crippen molar-refractivity contribution < 1.29 is 24.0 Å². The van der Waals surface area contributed by atoms with Gasteiger partial charge in [-0.05, 0) is 39.0 Å². The van der Waals surface area contributed by atoms with Crippen LogP contribution in [0.2, 0.25) is 5.02 Å². The molecule has 1 aromatic carbocycles. The minimum Gasteiger partial charge on any atom is -0.464 e. The molecule has 1 rings (SSSR count). The van der Waals surface area contributed by atoms with E-state index in [0.717, 1.165) is 19.3 Å². The van der Waals surface area contributed by atoms with Gasteiger partial charge in [0.25, 0.3) is 5.69 Å². The van der Waals surface area contributed by atoms with E-state index in [4.69, 9.17) is 16.3 Å². The largest absolute Gasteiger partial charge is 0.464 e. The maximum Gasteiger partial charge on any atom is 0.412 e. The Morgan fingerprint density at radius 3 is 2.46 bits per heavy atom. The molecular formula is C15H17ClN2O6. The first kappa shape index (κ1) is 19.4. The number of nitro benzene ring substituents is 1. The van der Waals surface area contributed by atoms with Gasteiger partial charge in [0.1, 0.15) is 11.3 Å². The molecule has 0 fully saturated rings. The fourth-order valence-electron chi connectivity index (χ4n) is 1.62. The van der Waals surface area contributed by atoms with Crippen LogP contribution < -0.4 is 5.32 Å². The quantitative estimate of drug-likeness (QED) is 0.384. The van der Waals surface area contributed by atoms with E-state index in [-0.39, 0.29) is 22.0 Å². The first-order valence-corrected chi connectivity index (χ1v) is 7.15. The highest BCUT2D eigenvalue weighted by Gasteiger charge is 2.21. The topological polar surface area (TPSA) is 108 Å². The number of hydrogen-bond acceptors (Lipinski definition) is 6. The van der Waals surface area contributed by atoms with Crippen LogP contribution in [0.25, 0.3) is 6.08 Å². The standard InChI is InChI=1S/C15H17ClN2O6/c1-15(2,3)24-14(20)17-11(13(19)23-4)7-9-5-6-10(16)8-12(9)18(21)22/h5-8H,1-4H3,(H,17,20). The van der Waals surface area contributed by atoms with E-state index in [2.05, 4.69) is 10.1 Å². The van der Waals surface area contributed by atoms with E-state index in [1.807, 2.05) is 0 Å². The smallest absolute Gasteiger partial charge is 0.412 e. The third-order valence-corrected chi connectivity index (χ3v) is 2.77. The number of hydrogen-bond donors (Lipinski definition) is 1. The van der Waals surface area contributed by atoms with Gasteiger partial charge in [0, 0.05) is 11.1 Å². The van der Waals surface area contributed by atoms with Crippen molar-refractivity contribution in [3.05, 3.63) is 44.6 Å². The number of nitrogens with zero attached hydrogens (tertiary/aromatic N) is 1. The van der Waals surface area contributed by atoms with Crippen LogP contribution in [0, 0.1) is 10.1 Å². The molecule has 1 N–H and O–H groups in total. The van der Waals surface area contributed by atoms with Crippen LogP contribution in [0.4, 0.5) is 10.5 Å². The normalized spacial score (nSPS) is 11.6. The summed E-state index contributed by atoms with van der Waals surface area (Å²) >= 11 is 5.74. The lowest BCUT2D eigenvalue weighted by Crippen LogP contribution is -2.34. The molecule has 130 valence electrons. The van der Waals surface area contributed by atoms with Gasteiger partial charge in [-0.1, -0.05) is 11.6 Å². The summed E-state index contributed by atoms with van der Waals surface area (Å²) in [5.41, 5.74) is -1.34. The molecule has 0 radical (unpaired) electrons. The van der Waals surface area contributed by atoms with E-state index in [1.54, 1.807) is 20.8 Å². The minimum absolute atomic E-state index is 0.0702. The Hall–Kier alpha value is -2.61. The van der Waals surface area contributed by atoms with E-state index < -0.39 is 22.6 Å². The molecule has 1 amide bonds. The van der Waals surface area contributed by atoms with Gasteiger partial charge < -0.3 is 9.47 Å². The molecule has 0 aliphatic carbocycles. The maximum atomic E-state index is 11.8. The Kier molecular flexibility index (Phi) is 6.30. The molecule has 0 spiro atoms. The lowest BCUT2D eigenvalue weighted by atomic mass is 10.1. The van der Waals surface area contributed by atoms with Gasteiger partial charge in [-0.15, -0.1) is 0 Å². The molecule has 8 nitrogen and oxygen atoms in total. The molecule has 0 atom stereocenters. The highest BCUT2D eigenvalue weighted by molar-refractivity contribution is 6.30. The van der Waals surface area contributed by atoms with Gasteiger partial charge in [0.2, 0.25) is 0 Å². The van der Waals surface area contributed by atoms with Gasteiger partial charge in [0.15, 0.2) is 0 Å². The monoisotopic (exact) mass is 356 g/mol. The van der Waals surface area contributed by atoms with Crippen LogP contribution in [0.1, 0.15) is 26.3 Å².